The first-order valence-electron chi connectivity index (χ1n) is 9.67. The summed E-state index contributed by atoms with van der Waals surface area (Å²) in [7, 11) is -1.58. The van der Waals surface area contributed by atoms with Crippen molar-refractivity contribution in [3.63, 3.8) is 0 Å². The van der Waals surface area contributed by atoms with Crippen LogP contribution in [0.1, 0.15) is 66.2 Å². The molecule has 2 nitrogen and oxygen atoms in total. The van der Waals surface area contributed by atoms with Gasteiger partial charge in [0.2, 0.25) is 0 Å². The van der Waals surface area contributed by atoms with Crippen LogP contribution >= 0.6 is 0 Å². The third-order valence-corrected chi connectivity index (χ3v) is 7.12. The molecule has 0 amide bonds. The Morgan fingerprint density at radius 1 is 1.33 bits per heavy atom. The Labute approximate surface area is 150 Å². The number of Topliss-reactive ketones (excluding diaryl/α,β-unsaturated/α-hetero) is 1. The second-order valence-corrected chi connectivity index (χ2v) is 14.2. The number of carbonyl (C=O) groups excluding carboxylic acids is 1. The van der Waals surface area contributed by atoms with Crippen molar-refractivity contribution in [1.82, 2.24) is 0 Å². The Kier molecular flexibility index (Phi) is 5.72. The van der Waals surface area contributed by atoms with Gasteiger partial charge >= 0.3 is 0 Å². The summed E-state index contributed by atoms with van der Waals surface area (Å²) < 4.78 is 6.17. The van der Waals surface area contributed by atoms with Gasteiger partial charge in [-0.25, -0.2) is 0 Å². The largest absolute Gasteiger partial charge is 0.402 e. The molecule has 2 rings (SSSR count). The number of rotatable bonds is 4. The Bertz CT molecular complexity index is 534. The maximum absolute atomic E-state index is 12.3. The predicted octanol–water partition coefficient (Wildman–Crippen LogP) is 5.43. The van der Waals surface area contributed by atoms with Gasteiger partial charge in [-0.3, -0.25) is 4.79 Å². The normalized spacial score (nSPS) is 32.0. The fourth-order valence-corrected chi connectivity index (χ4v) is 6.84. The van der Waals surface area contributed by atoms with Crippen LogP contribution in [0.5, 0.6) is 0 Å². The van der Waals surface area contributed by atoms with Crippen LogP contribution in [0.25, 0.3) is 0 Å². The maximum Gasteiger partial charge on any atom is 0.185 e. The van der Waals surface area contributed by atoms with Gasteiger partial charge in [0.1, 0.15) is 11.4 Å². The number of hydrogen-bond acceptors (Lipinski definition) is 2. The first-order valence-corrected chi connectivity index (χ1v) is 13.1. The zero-order valence-corrected chi connectivity index (χ0v) is 17.8. The lowest BCUT2D eigenvalue weighted by atomic mass is 9.62. The van der Waals surface area contributed by atoms with Gasteiger partial charge in [0.25, 0.3) is 0 Å². The van der Waals surface area contributed by atoms with Gasteiger partial charge in [-0.15, -0.1) is 5.92 Å². The Hall–Kier alpha value is -0.593. The van der Waals surface area contributed by atoms with E-state index in [1.807, 2.05) is 0 Å². The number of carbonyl (C=O) groups is 1. The number of fused-ring (bicyclic) bond motifs is 1. The number of ketones is 1. The van der Waals surface area contributed by atoms with E-state index in [4.69, 9.17) is 4.43 Å². The Morgan fingerprint density at radius 3 is 2.62 bits per heavy atom. The van der Waals surface area contributed by atoms with Crippen molar-refractivity contribution in [2.45, 2.75) is 91.5 Å². The molecule has 24 heavy (non-hydrogen) atoms. The molecule has 0 saturated heterocycles. The summed E-state index contributed by atoms with van der Waals surface area (Å²) in [5, 5.41) is 0. The lowest BCUT2D eigenvalue weighted by Gasteiger charge is -2.42. The van der Waals surface area contributed by atoms with E-state index in [1.165, 1.54) is 12.8 Å². The quantitative estimate of drug-likeness (QED) is 0.500. The number of hydrogen-bond donors (Lipinski definition) is 0. The highest BCUT2D eigenvalue weighted by atomic mass is 28.4. The van der Waals surface area contributed by atoms with E-state index in [2.05, 4.69) is 59.2 Å². The molecule has 2 saturated carbocycles. The van der Waals surface area contributed by atoms with E-state index in [1.54, 1.807) is 0 Å². The van der Waals surface area contributed by atoms with E-state index in [-0.39, 0.29) is 11.0 Å². The molecule has 2 aliphatic carbocycles. The molecule has 1 unspecified atom stereocenters. The summed E-state index contributed by atoms with van der Waals surface area (Å²) in [5.41, 5.74) is -0.131. The van der Waals surface area contributed by atoms with Crippen molar-refractivity contribution >= 4 is 14.1 Å². The Morgan fingerprint density at radius 2 is 2.00 bits per heavy atom. The smallest absolute Gasteiger partial charge is 0.185 e. The van der Waals surface area contributed by atoms with Crippen molar-refractivity contribution in [1.29, 1.82) is 0 Å². The average molecular weight is 349 g/mol. The SMILES string of the molecule is CC(CC#CC(C)(C)O[Si](C)(C)C)[C@H]1CC[C@H]2C(=O)CCC[C@]12C. The molecule has 0 aromatic rings. The minimum atomic E-state index is -1.58. The first kappa shape index (κ1) is 19.7. The molecule has 0 radical (unpaired) electrons. The van der Waals surface area contributed by atoms with Gasteiger partial charge in [-0.1, -0.05) is 19.8 Å². The van der Waals surface area contributed by atoms with Gasteiger partial charge in [0.15, 0.2) is 8.32 Å². The molecule has 0 bridgehead atoms. The molecule has 0 aliphatic heterocycles. The van der Waals surface area contributed by atoms with Crippen molar-refractivity contribution in [3.05, 3.63) is 0 Å². The molecule has 0 heterocycles. The Balaban J connectivity index is 2.00. The van der Waals surface area contributed by atoms with Crippen LogP contribution in [0, 0.1) is 35.0 Å². The summed E-state index contributed by atoms with van der Waals surface area (Å²) in [6.45, 7) is 15.5. The molecule has 4 atom stereocenters. The van der Waals surface area contributed by atoms with Gasteiger partial charge in [0, 0.05) is 18.8 Å². The van der Waals surface area contributed by atoms with E-state index in [9.17, 15) is 4.79 Å². The minimum absolute atomic E-state index is 0.223. The zero-order chi connectivity index (χ0) is 18.2. The highest BCUT2D eigenvalue weighted by Crippen LogP contribution is 2.56. The molecule has 2 fully saturated rings. The fourth-order valence-electron chi connectivity index (χ4n) is 5.26. The molecular formula is C21H36O2Si. The zero-order valence-electron chi connectivity index (χ0n) is 16.8. The molecule has 0 aromatic heterocycles. The topological polar surface area (TPSA) is 26.3 Å². The van der Waals surface area contributed by atoms with Gasteiger partial charge in [-0.2, -0.15) is 0 Å². The first-order chi connectivity index (χ1) is 10.9. The third kappa shape index (κ3) is 4.52. The second-order valence-electron chi connectivity index (χ2n) is 9.77. The summed E-state index contributed by atoms with van der Waals surface area (Å²) >= 11 is 0. The summed E-state index contributed by atoms with van der Waals surface area (Å²) in [4.78, 5) is 12.3. The van der Waals surface area contributed by atoms with Crippen LogP contribution in [0.4, 0.5) is 0 Å². The van der Waals surface area contributed by atoms with Crippen molar-refractivity contribution in [3.8, 4) is 11.8 Å². The molecule has 136 valence electrons. The second kappa shape index (κ2) is 6.96. The molecule has 0 spiro atoms. The molecule has 0 aromatic carbocycles. The summed E-state index contributed by atoms with van der Waals surface area (Å²) in [6.07, 6.45) is 6.32. The van der Waals surface area contributed by atoms with Crippen molar-refractivity contribution < 1.29 is 9.22 Å². The van der Waals surface area contributed by atoms with Gasteiger partial charge < -0.3 is 4.43 Å². The molecular weight excluding hydrogens is 312 g/mol. The van der Waals surface area contributed by atoms with Crippen molar-refractivity contribution in [2.75, 3.05) is 0 Å². The van der Waals surface area contributed by atoms with Gasteiger partial charge in [-0.05, 0) is 76.4 Å². The summed E-state index contributed by atoms with van der Waals surface area (Å²) in [5.74, 6) is 8.81. The summed E-state index contributed by atoms with van der Waals surface area (Å²) in [6, 6.07) is 0. The monoisotopic (exact) mass is 348 g/mol. The molecule has 3 heteroatoms. The maximum atomic E-state index is 12.3. The van der Waals surface area contributed by atoms with E-state index >= 15 is 0 Å². The van der Waals surface area contributed by atoms with E-state index in [0.29, 0.717) is 23.5 Å². The van der Waals surface area contributed by atoms with Crippen LogP contribution in [-0.4, -0.2) is 19.7 Å². The fraction of sp³-hybridized carbons (Fsp3) is 0.857. The lowest BCUT2D eigenvalue weighted by Crippen LogP contribution is -2.39. The highest BCUT2D eigenvalue weighted by molar-refractivity contribution is 6.69. The third-order valence-electron chi connectivity index (χ3n) is 6.00. The lowest BCUT2D eigenvalue weighted by molar-refractivity contribution is -0.130. The highest BCUT2D eigenvalue weighted by Gasteiger charge is 2.52. The van der Waals surface area contributed by atoms with Crippen LogP contribution in [0.2, 0.25) is 19.6 Å². The minimum Gasteiger partial charge on any atom is -0.402 e. The van der Waals surface area contributed by atoms with Gasteiger partial charge in [0.05, 0.1) is 0 Å². The van der Waals surface area contributed by atoms with Crippen LogP contribution in [0.15, 0.2) is 0 Å². The van der Waals surface area contributed by atoms with E-state index < -0.39 is 8.32 Å². The average Bonchev–Trinajstić information content (AvgIpc) is 2.74. The van der Waals surface area contributed by atoms with Crippen LogP contribution in [-0.2, 0) is 9.22 Å². The van der Waals surface area contributed by atoms with Crippen LogP contribution < -0.4 is 0 Å². The van der Waals surface area contributed by atoms with E-state index in [0.717, 1.165) is 25.7 Å². The standard InChI is InChI=1S/C21H36O2Si/c1-16(10-8-14-20(2,3)23-24(5,6)7)17-12-13-18-19(22)11-9-15-21(17,18)4/h16-18H,9-13,15H2,1-7H3/t16?,17-,18+,21-/m1/s1. The van der Waals surface area contributed by atoms with Crippen LogP contribution in [0.3, 0.4) is 0 Å². The predicted molar refractivity (Wildman–Crippen MR) is 103 cm³/mol. The molecule has 2 aliphatic rings. The van der Waals surface area contributed by atoms with Crippen molar-refractivity contribution in [2.24, 2.45) is 23.2 Å². The molecule has 0 N–H and O–H groups in total.